The number of nitrogens with zero attached hydrogens (tertiary/aromatic N) is 2. The molecule has 0 aromatic rings. The predicted molar refractivity (Wildman–Crippen MR) is 22.5 cm³/mol. The van der Waals surface area contributed by atoms with Gasteiger partial charge in [-0.2, -0.15) is 10.2 Å². The third-order valence-electron chi connectivity index (χ3n) is 0.581. The van der Waals surface area contributed by atoms with Crippen LogP contribution in [-0.4, -0.2) is 12.3 Å². The van der Waals surface area contributed by atoms with Crippen LogP contribution in [0.2, 0.25) is 0 Å². The molecule has 0 N–H and O–H groups in total. The lowest BCUT2D eigenvalue weighted by Crippen LogP contribution is -1.98. The highest BCUT2D eigenvalue weighted by Crippen LogP contribution is 1.87. The average molecular weight is 95.1 g/mol. The molecule has 1 rings (SSSR count). The zero-order chi connectivity index (χ0) is 5.11. The minimum absolute atomic E-state index is 0.0324. The van der Waals surface area contributed by atoms with Gasteiger partial charge < -0.3 is 0 Å². The minimum atomic E-state index is -0.0324. The van der Waals surface area contributed by atoms with Gasteiger partial charge in [0, 0.05) is 6.08 Å². The summed E-state index contributed by atoms with van der Waals surface area (Å²) in [7, 11) is 0. The van der Waals surface area contributed by atoms with Crippen molar-refractivity contribution in [1.82, 2.24) is 0 Å². The second-order valence-electron chi connectivity index (χ2n) is 1.14. The zero-order valence-electron chi connectivity index (χ0n) is 3.59. The number of carbonyl (C=O) groups excluding carboxylic acids is 1. The Balaban J connectivity index is 2.66. The maximum absolute atomic E-state index is 10.2. The van der Waals surface area contributed by atoms with E-state index in [2.05, 4.69) is 16.4 Å². The summed E-state index contributed by atoms with van der Waals surface area (Å²) in [6, 6.07) is 0. The highest BCUT2D eigenvalue weighted by atomic mass is 16.1. The Morgan fingerprint density at radius 3 is 3.00 bits per heavy atom. The molecular formula is C4H3N2O. The summed E-state index contributed by atoms with van der Waals surface area (Å²) in [6.45, 7) is 0.188. The molecule has 0 fully saturated rings. The molecule has 0 spiro atoms. The van der Waals surface area contributed by atoms with Crippen molar-refractivity contribution in [3.05, 3.63) is 12.3 Å². The van der Waals surface area contributed by atoms with Crippen LogP contribution in [-0.2, 0) is 4.79 Å². The Hall–Kier alpha value is -0.990. The largest absolute Gasteiger partial charge is 0.293 e. The fourth-order valence-corrected chi connectivity index (χ4v) is 0.292. The molecular weight excluding hydrogens is 92.1 g/mol. The van der Waals surface area contributed by atoms with Gasteiger partial charge in [0.05, 0.1) is 0 Å². The lowest BCUT2D eigenvalue weighted by Gasteiger charge is -1.86. The van der Waals surface area contributed by atoms with Crippen molar-refractivity contribution in [2.24, 2.45) is 10.2 Å². The summed E-state index contributed by atoms with van der Waals surface area (Å²) in [5, 5.41) is 6.72. The van der Waals surface area contributed by atoms with Crippen LogP contribution in [0.4, 0.5) is 0 Å². The molecule has 3 heteroatoms. The molecule has 0 bridgehead atoms. The first-order chi connectivity index (χ1) is 3.39. The van der Waals surface area contributed by atoms with Crippen LogP contribution in [0.25, 0.3) is 0 Å². The molecule has 0 saturated heterocycles. The first kappa shape index (κ1) is 4.18. The minimum Gasteiger partial charge on any atom is -0.293 e. The Kier molecular flexibility index (Phi) is 0.978. The summed E-state index contributed by atoms with van der Waals surface area (Å²) < 4.78 is 0. The molecule has 0 aliphatic carbocycles. The lowest BCUT2D eigenvalue weighted by atomic mass is 10.4. The van der Waals surface area contributed by atoms with Crippen LogP contribution < -0.4 is 0 Å². The summed E-state index contributed by atoms with van der Waals surface area (Å²) in [4.78, 5) is 10.2. The van der Waals surface area contributed by atoms with Crippen molar-refractivity contribution in [1.29, 1.82) is 0 Å². The van der Waals surface area contributed by atoms with Gasteiger partial charge in [-0.1, -0.05) is 0 Å². The average Bonchev–Trinajstić information content (AvgIpc) is 1.69. The predicted octanol–water partition coefficient (Wildman–Crippen LogP) is 0.338. The number of ketones is 1. The van der Waals surface area contributed by atoms with Gasteiger partial charge in [0.2, 0.25) is 0 Å². The van der Waals surface area contributed by atoms with E-state index in [0.29, 0.717) is 0 Å². The Labute approximate surface area is 40.7 Å². The molecule has 0 aromatic heterocycles. The smallest absolute Gasteiger partial charge is 0.181 e. The molecule has 7 heavy (non-hydrogen) atoms. The molecule has 0 atom stereocenters. The standard InChI is InChI=1S/C4H3N2O/c7-4-1-2-5-6-3-4/h1H,3H2. The highest BCUT2D eigenvalue weighted by molar-refractivity contribution is 5.91. The van der Waals surface area contributed by atoms with Gasteiger partial charge in [-0.05, 0) is 0 Å². The first-order valence-electron chi connectivity index (χ1n) is 1.87. The Bertz CT molecular complexity index is 137. The van der Waals surface area contributed by atoms with E-state index >= 15 is 0 Å². The third-order valence-corrected chi connectivity index (χ3v) is 0.581. The van der Waals surface area contributed by atoms with Crippen molar-refractivity contribution < 1.29 is 4.79 Å². The topological polar surface area (TPSA) is 41.8 Å². The third kappa shape index (κ3) is 0.924. The number of hydrogen-bond donors (Lipinski definition) is 0. The van der Waals surface area contributed by atoms with Crippen molar-refractivity contribution in [2.45, 2.75) is 0 Å². The van der Waals surface area contributed by atoms with E-state index in [-0.39, 0.29) is 12.3 Å². The number of rotatable bonds is 0. The van der Waals surface area contributed by atoms with E-state index in [1.54, 1.807) is 0 Å². The van der Waals surface area contributed by atoms with Crippen molar-refractivity contribution in [3.63, 3.8) is 0 Å². The second kappa shape index (κ2) is 1.64. The molecule has 35 valence electrons. The van der Waals surface area contributed by atoms with Gasteiger partial charge in [-0.3, -0.25) is 4.79 Å². The molecule has 0 unspecified atom stereocenters. The first-order valence-corrected chi connectivity index (χ1v) is 1.87. The number of carbonyl (C=O) groups is 1. The lowest BCUT2D eigenvalue weighted by molar-refractivity contribution is -0.113. The monoisotopic (exact) mass is 95.0 g/mol. The van der Waals surface area contributed by atoms with E-state index in [1.807, 2.05) is 0 Å². The number of hydrogen-bond acceptors (Lipinski definition) is 3. The molecule has 1 heterocycles. The van der Waals surface area contributed by atoms with Gasteiger partial charge >= 0.3 is 0 Å². The fraction of sp³-hybridized carbons (Fsp3) is 0.250. The summed E-state index contributed by atoms with van der Waals surface area (Å²) >= 11 is 0. The van der Waals surface area contributed by atoms with Crippen molar-refractivity contribution in [3.8, 4) is 0 Å². The van der Waals surface area contributed by atoms with Gasteiger partial charge in [0.1, 0.15) is 12.7 Å². The van der Waals surface area contributed by atoms with Gasteiger partial charge in [0.15, 0.2) is 5.78 Å². The Morgan fingerprint density at radius 2 is 2.71 bits per heavy atom. The van der Waals surface area contributed by atoms with Gasteiger partial charge in [0.25, 0.3) is 0 Å². The highest BCUT2D eigenvalue weighted by Gasteiger charge is 1.95. The molecule has 0 aromatic carbocycles. The molecule has 1 radical (unpaired) electrons. The van der Waals surface area contributed by atoms with E-state index < -0.39 is 0 Å². The molecule has 1 aliphatic heterocycles. The SMILES string of the molecule is O=C1C=[C]N=NC1. The second-order valence-corrected chi connectivity index (χ2v) is 1.14. The summed E-state index contributed by atoms with van der Waals surface area (Å²) in [6.07, 6.45) is 3.60. The molecule has 0 saturated carbocycles. The Morgan fingerprint density at radius 1 is 1.86 bits per heavy atom. The maximum Gasteiger partial charge on any atom is 0.181 e. The fourth-order valence-electron chi connectivity index (χ4n) is 0.292. The van der Waals surface area contributed by atoms with Crippen LogP contribution in [0, 0.1) is 6.20 Å². The van der Waals surface area contributed by atoms with E-state index in [9.17, 15) is 4.79 Å². The normalized spacial score (nSPS) is 18.0. The van der Waals surface area contributed by atoms with E-state index in [4.69, 9.17) is 0 Å². The van der Waals surface area contributed by atoms with Gasteiger partial charge in [-0.25, -0.2) is 0 Å². The zero-order valence-corrected chi connectivity index (χ0v) is 3.59. The number of azo groups is 1. The molecule has 0 amide bonds. The van der Waals surface area contributed by atoms with Crippen molar-refractivity contribution >= 4 is 5.78 Å². The summed E-state index contributed by atoms with van der Waals surface area (Å²) in [5.74, 6) is -0.0324. The van der Waals surface area contributed by atoms with Gasteiger partial charge in [-0.15, -0.1) is 0 Å². The van der Waals surface area contributed by atoms with Crippen LogP contribution >= 0.6 is 0 Å². The van der Waals surface area contributed by atoms with E-state index in [1.165, 1.54) is 6.08 Å². The quantitative estimate of drug-likeness (QED) is 0.427. The van der Waals surface area contributed by atoms with Crippen LogP contribution in [0.3, 0.4) is 0 Å². The molecule has 1 aliphatic rings. The van der Waals surface area contributed by atoms with E-state index in [0.717, 1.165) is 0 Å². The van der Waals surface area contributed by atoms with Crippen LogP contribution in [0.15, 0.2) is 16.3 Å². The van der Waals surface area contributed by atoms with Crippen LogP contribution in [0.5, 0.6) is 0 Å². The summed E-state index contributed by atoms with van der Waals surface area (Å²) in [5.41, 5.74) is 0. The molecule has 3 nitrogen and oxygen atoms in total. The van der Waals surface area contributed by atoms with Crippen molar-refractivity contribution in [2.75, 3.05) is 6.54 Å². The van der Waals surface area contributed by atoms with Crippen LogP contribution in [0.1, 0.15) is 0 Å². The maximum atomic E-state index is 10.2.